The topological polar surface area (TPSA) is 83.1 Å². The molecule has 1 saturated carbocycles. The fraction of sp³-hybridized carbons (Fsp3) is 0.577. The lowest BCUT2D eigenvalue weighted by Gasteiger charge is -2.36. The molecule has 1 aromatic heterocycles. The van der Waals surface area contributed by atoms with Crippen molar-refractivity contribution < 1.29 is 18.7 Å². The minimum absolute atomic E-state index is 0.0318. The number of aromatic nitrogens is 2. The Bertz CT molecular complexity index is 1060. The number of methoxy groups -OCH3 is 1. The fourth-order valence-corrected chi connectivity index (χ4v) is 4.47. The summed E-state index contributed by atoms with van der Waals surface area (Å²) in [6, 6.07) is 2.79. The molecule has 2 heterocycles. The molecule has 36 heavy (non-hydrogen) atoms. The van der Waals surface area contributed by atoms with E-state index in [1.54, 1.807) is 17.2 Å². The van der Waals surface area contributed by atoms with Gasteiger partial charge in [0.25, 0.3) is 0 Å². The summed E-state index contributed by atoms with van der Waals surface area (Å²) >= 11 is 0. The van der Waals surface area contributed by atoms with E-state index in [0.717, 1.165) is 57.4 Å². The average Bonchev–Trinajstić information content (AvgIpc) is 3.72. The number of hydrogen-bond donors (Lipinski definition) is 1. The third-order valence-electron chi connectivity index (χ3n) is 6.64. The molecule has 0 radical (unpaired) electrons. The van der Waals surface area contributed by atoms with Crippen molar-refractivity contribution in [1.82, 2.24) is 14.9 Å². The normalized spacial score (nSPS) is 15.3. The number of rotatable bonds is 13. The average molecular weight is 501 g/mol. The second kappa shape index (κ2) is 11.7. The molecule has 4 rings (SSSR count). The quantitative estimate of drug-likeness (QED) is 0.400. The third-order valence-corrected chi connectivity index (χ3v) is 6.64. The van der Waals surface area contributed by atoms with Gasteiger partial charge in [-0.05, 0) is 52.2 Å². The van der Waals surface area contributed by atoms with E-state index in [-0.39, 0.29) is 30.1 Å². The van der Waals surface area contributed by atoms with Crippen molar-refractivity contribution in [2.75, 3.05) is 55.0 Å². The summed E-state index contributed by atoms with van der Waals surface area (Å²) in [5, 5.41) is 3.30. The number of carbonyl (C=O) groups is 1. The van der Waals surface area contributed by atoms with Gasteiger partial charge in [0, 0.05) is 36.5 Å². The van der Waals surface area contributed by atoms with Gasteiger partial charge >= 0.3 is 6.03 Å². The monoisotopic (exact) mass is 500 g/mol. The number of nitrogens with zero attached hydrogens (tertiary/aromatic N) is 5. The number of anilines is 3. The van der Waals surface area contributed by atoms with Crippen LogP contribution in [-0.2, 0) is 6.54 Å². The zero-order valence-corrected chi connectivity index (χ0v) is 21.7. The summed E-state index contributed by atoms with van der Waals surface area (Å²) < 4.78 is 26.1. The zero-order chi connectivity index (χ0) is 25.7. The standard InChI is InChI=1S/C26H37FN6O3/c1-5-31(6-2)13-9-8-12-28-25-29-16-18-17-32(26(34)33(19-10-11-19)24(18)30-25)21-14-20(36-7-3)15-22(35-4)23(21)27/h14-16,19H,5-13,17H2,1-4H3,(H,28,29,30). The van der Waals surface area contributed by atoms with Gasteiger partial charge in [0.1, 0.15) is 11.6 Å². The summed E-state index contributed by atoms with van der Waals surface area (Å²) in [5.74, 6) is 0.989. The SMILES string of the molecule is CCOc1cc(OC)c(F)c(N2Cc3cnc(NCCCCN(CC)CC)nc3N(C3CC3)C2=O)c1. The van der Waals surface area contributed by atoms with Crippen molar-refractivity contribution in [2.24, 2.45) is 0 Å². The fourth-order valence-electron chi connectivity index (χ4n) is 4.47. The number of unbranched alkanes of at least 4 members (excludes halogenated alkanes) is 1. The number of urea groups is 1. The first kappa shape index (κ1) is 25.9. The molecule has 1 N–H and O–H groups in total. The molecule has 0 unspecified atom stereocenters. The van der Waals surface area contributed by atoms with Crippen molar-refractivity contribution in [3.63, 3.8) is 0 Å². The van der Waals surface area contributed by atoms with E-state index in [1.807, 2.05) is 6.92 Å². The van der Waals surface area contributed by atoms with Crippen molar-refractivity contribution >= 4 is 23.5 Å². The molecule has 1 aliphatic heterocycles. The minimum atomic E-state index is -0.600. The van der Waals surface area contributed by atoms with Crippen LogP contribution >= 0.6 is 0 Å². The number of fused-ring (bicyclic) bond motifs is 1. The first-order valence-electron chi connectivity index (χ1n) is 12.9. The Morgan fingerprint density at radius 1 is 1.19 bits per heavy atom. The van der Waals surface area contributed by atoms with E-state index < -0.39 is 5.82 Å². The lowest BCUT2D eigenvalue weighted by atomic mass is 10.1. The molecular weight excluding hydrogens is 463 g/mol. The zero-order valence-electron chi connectivity index (χ0n) is 21.7. The summed E-state index contributed by atoms with van der Waals surface area (Å²) in [4.78, 5) is 28.3. The Labute approximate surface area is 212 Å². The van der Waals surface area contributed by atoms with Crippen LogP contribution in [-0.4, -0.2) is 66.8 Å². The number of amides is 2. The van der Waals surface area contributed by atoms with Gasteiger partial charge in [-0.25, -0.2) is 14.2 Å². The molecule has 2 aromatic rings. The molecule has 0 spiro atoms. The highest BCUT2D eigenvalue weighted by atomic mass is 19.1. The van der Waals surface area contributed by atoms with Gasteiger partial charge in [-0.1, -0.05) is 13.8 Å². The van der Waals surface area contributed by atoms with E-state index >= 15 is 4.39 Å². The first-order chi connectivity index (χ1) is 17.5. The van der Waals surface area contributed by atoms with E-state index in [2.05, 4.69) is 29.0 Å². The Morgan fingerprint density at radius 3 is 2.64 bits per heavy atom. The van der Waals surface area contributed by atoms with Gasteiger partial charge in [0.2, 0.25) is 5.95 Å². The molecule has 2 amide bonds. The second-order valence-electron chi connectivity index (χ2n) is 9.06. The molecule has 2 aliphatic rings. The number of benzene rings is 1. The predicted octanol–water partition coefficient (Wildman–Crippen LogP) is 4.67. The van der Waals surface area contributed by atoms with Gasteiger partial charge in [0.15, 0.2) is 11.6 Å². The predicted molar refractivity (Wildman–Crippen MR) is 139 cm³/mol. The van der Waals surface area contributed by atoms with Crippen molar-refractivity contribution in [3.8, 4) is 11.5 Å². The Hall–Kier alpha value is -3.14. The van der Waals surface area contributed by atoms with Gasteiger partial charge < -0.3 is 19.7 Å². The van der Waals surface area contributed by atoms with Gasteiger partial charge in [-0.3, -0.25) is 9.80 Å². The molecule has 10 heteroatoms. The summed E-state index contributed by atoms with van der Waals surface area (Å²) in [6.07, 6.45) is 5.62. The van der Waals surface area contributed by atoms with Crippen LogP contribution in [0.25, 0.3) is 0 Å². The van der Waals surface area contributed by atoms with Crippen LogP contribution in [0.15, 0.2) is 18.3 Å². The van der Waals surface area contributed by atoms with Crippen LogP contribution in [0.4, 0.5) is 26.6 Å². The van der Waals surface area contributed by atoms with E-state index in [0.29, 0.717) is 24.1 Å². The first-order valence-corrected chi connectivity index (χ1v) is 12.9. The number of nitrogens with one attached hydrogen (secondary N) is 1. The largest absolute Gasteiger partial charge is 0.494 e. The third kappa shape index (κ3) is 5.64. The summed E-state index contributed by atoms with van der Waals surface area (Å²) in [7, 11) is 1.40. The molecule has 1 fully saturated rings. The second-order valence-corrected chi connectivity index (χ2v) is 9.06. The van der Waals surface area contributed by atoms with E-state index in [4.69, 9.17) is 14.5 Å². The maximum Gasteiger partial charge on any atom is 0.330 e. The lowest BCUT2D eigenvalue weighted by Crippen LogP contribution is -2.49. The van der Waals surface area contributed by atoms with Crippen LogP contribution in [0.5, 0.6) is 11.5 Å². The minimum Gasteiger partial charge on any atom is -0.494 e. The summed E-state index contributed by atoms with van der Waals surface area (Å²) in [6.45, 7) is 10.7. The van der Waals surface area contributed by atoms with Crippen LogP contribution in [0.2, 0.25) is 0 Å². The number of halogens is 1. The highest BCUT2D eigenvalue weighted by molar-refractivity contribution is 6.06. The smallest absolute Gasteiger partial charge is 0.330 e. The Kier molecular flexibility index (Phi) is 8.45. The highest BCUT2D eigenvalue weighted by Crippen LogP contribution is 2.41. The van der Waals surface area contributed by atoms with Crippen molar-refractivity contribution in [3.05, 3.63) is 29.7 Å². The van der Waals surface area contributed by atoms with Gasteiger partial charge in [-0.2, -0.15) is 4.98 Å². The molecule has 1 aromatic carbocycles. The molecule has 1 aliphatic carbocycles. The lowest BCUT2D eigenvalue weighted by molar-refractivity contribution is 0.249. The number of hydrogen-bond acceptors (Lipinski definition) is 7. The van der Waals surface area contributed by atoms with Crippen LogP contribution in [0, 0.1) is 5.82 Å². The summed E-state index contributed by atoms with van der Waals surface area (Å²) in [5.41, 5.74) is 0.892. The molecule has 0 atom stereocenters. The van der Waals surface area contributed by atoms with E-state index in [9.17, 15) is 4.79 Å². The van der Waals surface area contributed by atoms with Crippen LogP contribution in [0.3, 0.4) is 0 Å². The van der Waals surface area contributed by atoms with Gasteiger partial charge in [0.05, 0.1) is 25.9 Å². The molecular formula is C26H37FN6O3. The molecule has 0 bridgehead atoms. The Morgan fingerprint density at radius 2 is 1.97 bits per heavy atom. The number of carbonyl (C=O) groups excluding carboxylic acids is 1. The maximum absolute atomic E-state index is 15.3. The highest BCUT2D eigenvalue weighted by Gasteiger charge is 2.43. The Balaban J connectivity index is 1.53. The molecule has 9 nitrogen and oxygen atoms in total. The van der Waals surface area contributed by atoms with Crippen molar-refractivity contribution in [2.45, 2.75) is 59.0 Å². The molecule has 196 valence electrons. The van der Waals surface area contributed by atoms with Gasteiger partial charge in [-0.15, -0.1) is 0 Å². The van der Waals surface area contributed by atoms with E-state index in [1.165, 1.54) is 18.1 Å². The van der Waals surface area contributed by atoms with Crippen molar-refractivity contribution in [1.29, 1.82) is 0 Å². The maximum atomic E-state index is 15.3. The van der Waals surface area contributed by atoms with Crippen LogP contribution in [0.1, 0.15) is 52.0 Å². The van der Waals surface area contributed by atoms with Crippen LogP contribution < -0.4 is 24.6 Å². The number of ether oxygens (including phenoxy) is 2. The molecule has 0 saturated heterocycles.